The smallest absolute Gasteiger partial charge is 0.119 e. The van der Waals surface area contributed by atoms with Crippen LogP contribution < -0.4 is 4.74 Å². The first-order chi connectivity index (χ1) is 8.83. The Bertz CT molecular complexity index is 287. The van der Waals surface area contributed by atoms with E-state index in [0.717, 1.165) is 18.8 Å². The zero-order valence-corrected chi connectivity index (χ0v) is 11.2. The minimum absolute atomic E-state index is 0.277. The maximum absolute atomic E-state index is 9.66. The van der Waals surface area contributed by atoms with Gasteiger partial charge >= 0.3 is 0 Å². The molecule has 0 aliphatic rings. The summed E-state index contributed by atoms with van der Waals surface area (Å²) in [6, 6.07) is 9.50. The van der Waals surface area contributed by atoms with Gasteiger partial charge in [0.25, 0.3) is 0 Å². The molecule has 0 aliphatic carbocycles. The van der Waals surface area contributed by atoms with E-state index in [1.165, 1.54) is 19.3 Å². The summed E-state index contributed by atoms with van der Waals surface area (Å²) in [4.78, 5) is 0. The summed E-state index contributed by atoms with van der Waals surface area (Å²) >= 11 is 0. The van der Waals surface area contributed by atoms with Crippen LogP contribution in [-0.4, -0.2) is 31.0 Å². The number of benzene rings is 1. The van der Waals surface area contributed by atoms with Crippen molar-refractivity contribution < 1.29 is 14.6 Å². The molecule has 0 amide bonds. The Kier molecular flexibility index (Phi) is 8.26. The maximum Gasteiger partial charge on any atom is 0.119 e. The predicted molar refractivity (Wildman–Crippen MR) is 72.9 cm³/mol. The highest BCUT2D eigenvalue weighted by molar-refractivity contribution is 5.20. The van der Waals surface area contributed by atoms with Crippen molar-refractivity contribution in [1.29, 1.82) is 0 Å². The highest BCUT2D eigenvalue weighted by atomic mass is 16.5. The summed E-state index contributed by atoms with van der Waals surface area (Å²) in [7, 11) is 0. The van der Waals surface area contributed by atoms with Crippen molar-refractivity contribution in [3.63, 3.8) is 0 Å². The molecule has 1 aromatic rings. The standard InChI is InChI=1S/C15H24O3/c1-2-3-4-8-11-17-12-14(16)13-18-15-9-6-5-7-10-15/h5-7,9-10,14,16H,2-4,8,11-13H2,1H3/t14-/m1/s1. The molecular weight excluding hydrogens is 228 g/mol. The highest BCUT2D eigenvalue weighted by Gasteiger charge is 2.05. The lowest BCUT2D eigenvalue weighted by Crippen LogP contribution is -2.23. The van der Waals surface area contributed by atoms with Crippen LogP contribution in [-0.2, 0) is 4.74 Å². The number of ether oxygens (including phenoxy) is 2. The zero-order chi connectivity index (χ0) is 13.1. The topological polar surface area (TPSA) is 38.7 Å². The molecule has 0 radical (unpaired) electrons. The SMILES string of the molecule is CCCCCCOC[C@@H](O)COc1ccccc1. The van der Waals surface area contributed by atoms with Gasteiger partial charge in [0.2, 0.25) is 0 Å². The Morgan fingerprint density at radius 2 is 1.83 bits per heavy atom. The maximum atomic E-state index is 9.66. The van der Waals surface area contributed by atoms with Gasteiger partial charge in [-0.3, -0.25) is 0 Å². The van der Waals surface area contributed by atoms with Crippen LogP contribution in [0.15, 0.2) is 30.3 Å². The first-order valence-corrected chi connectivity index (χ1v) is 6.76. The number of rotatable bonds is 10. The molecule has 1 aromatic carbocycles. The Labute approximate surface area is 110 Å². The van der Waals surface area contributed by atoms with Gasteiger partial charge in [-0.25, -0.2) is 0 Å². The van der Waals surface area contributed by atoms with Gasteiger partial charge in [-0.05, 0) is 18.6 Å². The van der Waals surface area contributed by atoms with E-state index in [1.807, 2.05) is 30.3 Å². The molecule has 0 bridgehead atoms. The van der Waals surface area contributed by atoms with E-state index < -0.39 is 6.10 Å². The predicted octanol–water partition coefficient (Wildman–Crippen LogP) is 3.02. The Balaban J connectivity index is 1.99. The molecule has 1 rings (SSSR count). The first-order valence-electron chi connectivity index (χ1n) is 6.76. The molecule has 0 aromatic heterocycles. The van der Waals surface area contributed by atoms with E-state index in [-0.39, 0.29) is 6.61 Å². The van der Waals surface area contributed by atoms with Gasteiger partial charge in [0.1, 0.15) is 18.5 Å². The molecule has 0 fully saturated rings. The summed E-state index contributed by atoms with van der Waals surface area (Å²) in [5.74, 6) is 0.777. The summed E-state index contributed by atoms with van der Waals surface area (Å²) in [5, 5.41) is 9.66. The van der Waals surface area contributed by atoms with Crippen molar-refractivity contribution in [3.8, 4) is 5.75 Å². The summed E-state index contributed by atoms with van der Waals surface area (Å²) in [5.41, 5.74) is 0. The van der Waals surface area contributed by atoms with E-state index in [4.69, 9.17) is 9.47 Å². The third-order valence-corrected chi connectivity index (χ3v) is 2.64. The molecule has 0 unspecified atom stereocenters. The molecule has 1 N–H and O–H groups in total. The minimum atomic E-state index is -0.559. The molecule has 3 heteroatoms. The Morgan fingerprint density at radius 3 is 2.56 bits per heavy atom. The third-order valence-electron chi connectivity index (χ3n) is 2.64. The van der Waals surface area contributed by atoms with Crippen molar-refractivity contribution >= 4 is 0 Å². The van der Waals surface area contributed by atoms with Crippen LogP contribution in [0.2, 0.25) is 0 Å². The number of aliphatic hydroxyl groups is 1. The second-order valence-electron chi connectivity index (χ2n) is 4.41. The van der Waals surface area contributed by atoms with E-state index >= 15 is 0 Å². The van der Waals surface area contributed by atoms with E-state index in [9.17, 15) is 5.11 Å². The summed E-state index contributed by atoms with van der Waals surface area (Å²) in [6.45, 7) is 3.53. The molecule has 0 spiro atoms. The van der Waals surface area contributed by atoms with Crippen molar-refractivity contribution in [3.05, 3.63) is 30.3 Å². The average molecular weight is 252 g/mol. The van der Waals surface area contributed by atoms with Crippen LogP contribution in [0.1, 0.15) is 32.6 Å². The number of aliphatic hydroxyl groups excluding tert-OH is 1. The van der Waals surface area contributed by atoms with Gasteiger partial charge < -0.3 is 14.6 Å². The molecule has 3 nitrogen and oxygen atoms in total. The lowest BCUT2D eigenvalue weighted by atomic mass is 10.2. The van der Waals surface area contributed by atoms with Gasteiger partial charge in [-0.1, -0.05) is 44.4 Å². The molecular formula is C15H24O3. The van der Waals surface area contributed by atoms with Gasteiger partial charge in [-0.15, -0.1) is 0 Å². The number of para-hydroxylation sites is 1. The monoisotopic (exact) mass is 252 g/mol. The fourth-order valence-corrected chi connectivity index (χ4v) is 1.61. The van der Waals surface area contributed by atoms with Crippen LogP contribution in [0.25, 0.3) is 0 Å². The van der Waals surface area contributed by atoms with Crippen LogP contribution >= 0.6 is 0 Å². The molecule has 102 valence electrons. The van der Waals surface area contributed by atoms with Crippen molar-refractivity contribution in [2.45, 2.75) is 38.7 Å². The van der Waals surface area contributed by atoms with E-state index in [0.29, 0.717) is 6.61 Å². The lowest BCUT2D eigenvalue weighted by molar-refractivity contribution is 0.0110. The normalized spacial score (nSPS) is 12.3. The van der Waals surface area contributed by atoms with E-state index in [2.05, 4.69) is 6.92 Å². The van der Waals surface area contributed by atoms with Crippen molar-refractivity contribution in [2.75, 3.05) is 19.8 Å². The quantitative estimate of drug-likeness (QED) is 0.650. The minimum Gasteiger partial charge on any atom is -0.491 e. The largest absolute Gasteiger partial charge is 0.491 e. The molecule has 0 saturated heterocycles. The fraction of sp³-hybridized carbons (Fsp3) is 0.600. The van der Waals surface area contributed by atoms with Crippen LogP contribution in [0, 0.1) is 0 Å². The van der Waals surface area contributed by atoms with Gasteiger partial charge in [0, 0.05) is 6.61 Å². The highest BCUT2D eigenvalue weighted by Crippen LogP contribution is 2.08. The first kappa shape index (κ1) is 15.0. The fourth-order valence-electron chi connectivity index (χ4n) is 1.61. The van der Waals surface area contributed by atoms with Gasteiger partial charge in [0.05, 0.1) is 6.61 Å². The van der Waals surface area contributed by atoms with Gasteiger partial charge in [-0.2, -0.15) is 0 Å². The molecule has 0 saturated carbocycles. The van der Waals surface area contributed by atoms with Crippen molar-refractivity contribution in [2.24, 2.45) is 0 Å². The third kappa shape index (κ3) is 7.30. The second-order valence-corrected chi connectivity index (χ2v) is 4.41. The molecule has 18 heavy (non-hydrogen) atoms. The van der Waals surface area contributed by atoms with Crippen molar-refractivity contribution in [1.82, 2.24) is 0 Å². The molecule has 0 aliphatic heterocycles. The molecule has 1 atom stereocenters. The average Bonchev–Trinajstić information content (AvgIpc) is 2.41. The Hall–Kier alpha value is -1.06. The molecule has 0 heterocycles. The zero-order valence-electron chi connectivity index (χ0n) is 11.2. The van der Waals surface area contributed by atoms with E-state index in [1.54, 1.807) is 0 Å². The van der Waals surface area contributed by atoms with Crippen LogP contribution in [0.5, 0.6) is 5.75 Å². The number of hydrogen-bond donors (Lipinski definition) is 1. The number of hydrogen-bond acceptors (Lipinski definition) is 3. The Morgan fingerprint density at radius 1 is 1.06 bits per heavy atom. The van der Waals surface area contributed by atoms with Gasteiger partial charge in [0.15, 0.2) is 0 Å². The summed E-state index contributed by atoms with van der Waals surface area (Å²) < 4.78 is 10.8. The summed E-state index contributed by atoms with van der Waals surface area (Å²) in [6.07, 6.45) is 4.19. The van der Waals surface area contributed by atoms with Crippen LogP contribution in [0.4, 0.5) is 0 Å². The van der Waals surface area contributed by atoms with Crippen LogP contribution in [0.3, 0.4) is 0 Å². The lowest BCUT2D eigenvalue weighted by Gasteiger charge is -2.12. The number of unbranched alkanes of at least 4 members (excludes halogenated alkanes) is 3. The second kappa shape index (κ2) is 9.92.